The van der Waals surface area contributed by atoms with E-state index < -0.39 is 5.97 Å². The highest BCUT2D eigenvalue weighted by atomic mass is 32.1. The van der Waals surface area contributed by atoms with Crippen LogP contribution in [0, 0.1) is 0 Å². The van der Waals surface area contributed by atoms with Gasteiger partial charge in [-0.2, -0.15) is 9.50 Å². The van der Waals surface area contributed by atoms with Crippen LogP contribution in [0.15, 0.2) is 65.5 Å². The fourth-order valence-corrected chi connectivity index (χ4v) is 4.44. The minimum atomic E-state index is -0.436. The first-order valence-electron chi connectivity index (χ1n) is 9.79. The highest BCUT2D eigenvalue weighted by Gasteiger charge is 2.14. The second kappa shape index (κ2) is 7.90. The Morgan fingerprint density at radius 3 is 2.66 bits per heavy atom. The van der Waals surface area contributed by atoms with Gasteiger partial charge >= 0.3 is 5.97 Å². The number of rotatable bonds is 4. The Kier molecular flexibility index (Phi) is 4.91. The number of hydrogen-bond donors (Lipinski definition) is 0. The van der Waals surface area contributed by atoms with E-state index in [2.05, 4.69) is 10.1 Å². The smallest absolute Gasteiger partial charge is 0.308 e. The summed E-state index contributed by atoms with van der Waals surface area (Å²) in [6, 6.07) is 19.0. The van der Waals surface area contributed by atoms with E-state index in [4.69, 9.17) is 9.47 Å². The quantitative estimate of drug-likeness (QED) is 0.313. The Labute approximate surface area is 186 Å². The second-order valence-electron chi connectivity index (χ2n) is 7.08. The SMILES string of the molecule is COc1cc(C=c2sc3nc(-c4cccc5ccccc45)nn3c2=O)ccc1OC(C)=O. The highest BCUT2D eigenvalue weighted by Crippen LogP contribution is 2.29. The summed E-state index contributed by atoms with van der Waals surface area (Å²) in [5.41, 5.74) is 1.37. The molecule has 0 aliphatic carbocycles. The molecule has 5 rings (SSSR count). The third-order valence-electron chi connectivity index (χ3n) is 4.95. The molecule has 158 valence electrons. The summed E-state index contributed by atoms with van der Waals surface area (Å²) in [6.45, 7) is 1.32. The average molecular weight is 443 g/mol. The van der Waals surface area contributed by atoms with E-state index in [1.807, 2.05) is 42.5 Å². The Morgan fingerprint density at radius 2 is 1.88 bits per heavy atom. The molecule has 32 heavy (non-hydrogen) atoms. The molecule has 0 unspecified atom stereocenters. The van der Waals surface area contributed by atoms with Gasteiger partial charge in [0.25, 0.3) is 5.56 Å². The van der Waals surface area contributed by atoms with E-state index in [0.717, 1.165) is 21.9 Å². The Morgan fingerprint density at radius 1 is 1.06 bits per heavy atom. The fraction of sp³-hybridized carbons (Fsp3) is 0.0833. The van der Waals surface area contributed by atoms with Crippen LogP contribution in [0.2, 0.25) is 0 Å². The molecule has 0 saturated heterocycles. The van der Waals surface area contributed by atoms with E-state index in [1.165, 1.54) is 29.9 Å². The molecule has 0 saturated carbocycles. The minimum Gasteiger partial charge on any atom is -0.493 e. The zero-order valence-corrected chi connectivity index (χ0v) is 18.1. The van der Waals surface area contributed by atoms with Crippen LogP contribution >= 0.6 is 11.3 Å². The lowest BCUT2D eigenvalue weighted by Gasteiger charge is -2.08. The maximum atomic E-state index is 12.9. The normalized spacial score (nSPS) is 11.9. The van der Waals surface area contributed by atoms with Gasteiger partial charge in [-0.15, -0.1) is 5.10 Å². The zero-order chi connectivity index (χ0) is 22.2. The number of carbonyl (C=O) groups is 1. The van der Waals surface area contributed by atoms with Gasteiger partial charge in [0, 0.05) is 12.5 Å². The van der Waals surface area contributed by atoms with Gasteiger partial charge in [0.05, 0.1) is 11.6 Å². The van der Waals surface area contributed by atoms with Crippen LogP contribution in [0.4, 0.5) is 0 Å². The van der Waals surface area contributed by atoms with Crippen LogP contribution in [0.25, 0.3) is 33.2 Å². The molecule has 0 radical (unpaired) electrons. The van der Waals surface area contributed by atoms with Gasteiger partial charge < -0.3 is 9.47 Å². The van der Waals surface area contributed by atoms with E-state index in [1.54, 1.807) is 24.3 Å². The molecular formula is C24H17N3O4S. The van der Waals surface area contributed by atoms with Crippen molar-refractivity contribution >= 4 is 39.1 Å². The van der Waals surface area contributed by atoms with Gasteiger partial charge in [0.15, 0.2) is 17.3 Å². The number of benzene rings is 3. The second-order valence-corrected chi connectivity index (χ2v) is 8.09. The van der Waals surface area contributed by atoms with Crippen LogP contribution in [0.5, 0.6) is 11.5 Å². The first-order valence-corrected chi connectivity index (χ1v) is 10.6. The van der Waals surface area contributed by atoms with Gasteiger partial charge in [-0.3, -0.25) is 9.59 Å². The fourth-order valence-electron chi connectivity index (χ4n) is 3.53. The van der Waals surface area contributed by atoms with Gasteiger partial charge in [-0.1, -0.05) is 59.9 Å². The number of methoxy groups -OCH3 is 1. The Hall–Kier alpha value is -4.04. The summed E-state index contributed by atoms with van der Waals surface area (Å²) in [6.07, 6.45) is 1.74. The number of hydrogen-bond acceptors (Lipinski definition) is 7. The van der Waals surface area contributed by atoms with Crippen molar-refractivity contribution in [3.8, 4) is 22.9 Å². The lowest BCUT2D eigenvalue weighted by Crippen LogP contribution is -2.23. The lowest BCUT2D eigenvalue weighted by atomic mass is 10.0. The van der Waals surface area contributed by atoms with Crippen molar-refractivity contribution in [2.45, 2.75) is 6.92 Å². The molecule has 0 aliphatic heterocycles. The Balaban J connectivity index is 1.57. The number of esters is 1. The van der Waals surface area contributed by atoms with Crippen molar-refractivity contribution in [3.05, 3.63) is 81.1 Å². The Bertz CT molecular complexity index is 1600. The van der Waals surface area contributed by atoms with Crippen molar-refractivity contribution in [2.75, 3.05) is 7.11 Å². The van der Waals surface area contributed by atoms with E-state index >= 15 is 0 Å². The van der Waals surface area contributed by atoms with Crippen LogP contribution < -0.4 is 19.6 Å². The van der Waals surface area contributed by atoms with Gasteiger partial charge in [0.1, 0.15) is 0 Å². The number of ether oxygens (including phenoxy) is 2. The molecule has 5 aromatic rings. The lowest BCUT2D eigenvalue weighted by molar-refractivity contribution is -0.132. The van der Waals surface area contributed by atoms with E-state index in [9.17, 15) is 9.59 Å². The molecule has 0 amide bonds. The first kappa shape index (κ1) is 19.9. The topological polar surface area (TPSA) is 82.8 Å². The molecule has 0 atom stereocenters. The number of fused-ring (bicyclic) bond motifs is 2. The summed E-state index contributed by atoms with van der Waals surface area (Å²) in [5.74, 6) is 0.805. The number of carbonyl (C=O) groups excluding carboxylic acids is 1. The summed E-state index contributed by atoms with van der Waals surface area (Å²) in [7, 11) is 1.49. The maximum Gasteiger partial charge on any atom is 0.308 e. The van der Waals surface area contributed by atoms with Gasteiger partial charge in [-0.25, -0.2) is 0 Å². The van der Waals surface area contributed by atoms with Crippen molar-refractivity contribution < 1.29 is 14.3 Å². The summed E-state index contributed by atoms with van der Waals surface area (Å²) < 4.78 is 12.2. The van der Waals surface area contributed by atoms with E-state index in [0.29, 0.717) is 26.8 Å². The molecular weight excluding hydrogens is 426 g/mol. The summed E-state index contributed by atoms with van der Waals surface area (Å²) in [5, 5.41) is 6.60. The molecule has 3 aromatic carbocycles. The van der Waals surface area contributed by atoms with Gasteiger partial charge in [0.2, 0.25) is 4.96 Å². The van der Waals surface area contributed by atoms with Crippen LogP contribution in [-0.2, 0) is 4.79 Å². The molecule has 0 fully saturated rings. The molecule has 2 aromatic heterocycles. The number of thiazole rings is 1. The van der Waals surface area contributed by atoms with Crippen molar-refractivity contribution in [3.63, 3.8) is 0 Å². The van der Waals surface area contributed by atoms with Crippen LogP contribution in [0.1, 0.15) is 12.5 Å². The number of aromatic nitrogens is 3. The molecule has 0 N–H and O–H groups in total. The molecule has 7 nitrogen and oxygen atoms in total. The van der Waals surface area contributed by atoms with Crippen molar-refractivity contribution in [1.82, 2.24) is 14.6 Å². The predicted molar refractivity (Wildman–Crippen MR) is 123 cm³/mol. The average Bonchev–Trinajstić information content (AvgIpc) is 3.33. The largest absolute Gasteiger partial charge is 0.493 e. The minimum absolute atomic E-state index is 0.244. The van der Waals surface area contributed by atoms with Crippen molar-refractivity contribution in [2.24, 2.45) is 0 Å². The third-order valence-corrected chi connectivity index (χ3v) is 5.91. The molecule has 2 heterocycles. The van der Waals surface area contributed by atoms with Crippen LogP contribution in [-0.4, -0.2) is 27.7 Å². The third kappa shape index (κ3) is 3.50. The molecule has 0 aliphatic rings. The van der Waals surface area contributed by atoms with Crippen LogP contribution in [0.3, 0.4) is 0 Å². The molecule has 8 heteroatoms. The van der Waals surface area contributed by atoms with E-state index in [-0.39, 0.29) is 5.56 Å². The molecule has 0 bridgehead atoms. The maximum absolute atomic E-state index is 12.9. The molecule has 0 spiro atoms. The summed E-state index contributed by atoms with van der Waals surface area (Å²) in [4.78, 5) is 29.3. The summed E-state index contributed by atoms with van der Waals surface area (Å²) >= 11 is 1.26. The zero-order valence-electron chi connectivity index (χ0n) is 17.2. The monoisotopic (exact) mass is 443 g/mol. The predicted octanol–water partition coefficient (Wildman–Crippen LogP) is 3.45. The van der Waals surface area contributed by atoms with Gasteiger partial charge in [-0.05, 0) is 34.5 Å². The van der Waals surface area contributed by atoms with Crippen molar-refractivity contribution in [1.29, 1.82) is 0 Å². The first-order chi connectivity index (χ1) is 15.5. The standard InChI is InChI=1S/C24H17N3O4S/c1-14(28)31-19-11-10-15(12-20(19)30-2)13-21-23(29)27-24(32-21)25-22(26-27)18-9-5-7-16-6-3-4-8-17(16)18/h3-13H,1-2H3. The highest BCUT2D eigenvalue weighted by molar-refractivity contribution is 7.15. The number of nitrogens with zero attached hydrogens (tertiary/aromatic N) is 3.